The van der Waals surface area contributed by atoms with Crippen molar-refractivity contribution in [2.45, 2.75) is 32.2 Å². The first kappa shape index (κ1) is 14.9. The smallest absolute Gasteiger partial charge is 0.253 e. The van der Waals surface area contributed by atoms with E-state index in [1.165, 1.54) is 0 Å². The van der Waals surface area contributed by atoms with E-state index in [0.29, 0.717) is 24.6 Å². The lowest BCUT2D eigenvalue weighted by Gasteiger charge is -2.29. The van der Waals surface area contributed by atoms with Crippen molar-refractivity contribution in [2.75, 3.05) is 20.2 Å². The molecular formula is C16H24N2O2. The Kier molecular flexibility index (Phi) is 5.01. The molecule has 0 radical (unpaired) electrons. The molecule has 4 heteroatoms. The predicted octanol–water partition coefficient (Wildman–Crippen LogP) is 2.28. The van der Waals surface area contributed by atoms with E-state index in [4.69, 9.17) is 10.5 Å². The molecule has 1 aromatic carbocycles. The number of carbonyl (C=O) groups excluding carboxylic acids is 1. The summed E-state index contributed by atoms with van der Waals surface area (Å²) in [5.41, 5.74) is 6.51. The molecule has 0 bridgehead atoms. The molecule has 2 N–H and O–H groups in total. The zero-order chi connectivity index (χ0) is 14.5. The molecule has 1 aliphatic carbocycles. The van der Waals surface area contributed by atoms with Crippen LogP contribution in [0.4, 0.5) is 0 Å². The highest BCUT2D eigenvalue weighted by Gasteiger charge is 2.31. The molecular weight excluding hydrogens is 252 g/mol. The second kappa shape index (κ2) is 6.75. The summed E-state index contributed by atoms with van der Waals surface area (Å²) in [5, 5.41) is 0. The summed E-state index contributed by atoms with van der Waals surface area (Å²) in [4.78, 5) is 14.4. The monoisotopic (exact) mass is 276 g/mol. The minimum Gasteiger partial charge on any atom is -0.494 e. The molecule has 0 aliphatic heterocycles. The van der Waals surface area contributed by atoms with Crippen LogP contribution in [0.15, 0.2) is 24.3 Å². The van der Waals surface area contributed by atoms with E-state index in [-0.39, 0.29) is 11.9 Å². The van der Waals surface area contributed by atoms with E-state index in [0.717, 1.165) is 25.0 Å². The summed E-state index contributed by atoms with van der Waals surface area (Å²) in [6.45, 7) is 3.24. The third-order valence-electron chi connectivity index (χ3n) is 4.15. The standard InChI is InChI=1S/C16H24N2O2/c1-3-20-14-9-7-12(8-10-14)16(19)18(2)15-6-4-5-13(15)11-17/h7-10,13,15H,3-6,11,17H2,1-2H3. The van der Waals surface area contributed by atoms with Gasteiger partial charge in [-0.15, -0.1) is 0 Å². The van der Waals surface area contributed by atoms with Gasteiger partial charge in [-0.2, -0.15) is 0 Å². The Hall–Kier alpha value is -1.55. The average molecular weight is 276 g/mol. The van der Waals surface area contributed by atoms with Gasteiger partial charge in [0.15, 0.2) is 0 Å². The summed E-state index contributed by atoms with van der Waals surface area (Å²) >= 11 is 0. The largest absolute Gasteiger partial charge is 0.494 e. The van der Waals surface area contributed by atoms with E-state index in [2.05, 4.69) is 0 Å². The summed E-state index contributed by atoms with van der Waals surface area (Å²) < 4.78 is 5.39. The van der Waals surface area contributed by atoms with Gasteiger partial charge >= 0.3 is 0 Å². The maximum absolute atomic E-state index is 12.5. The molecule has 2 rings (SSSR count). The van der Waals surface area contributed by atoms with Gasteiger partial charge in [0.2, 0.25) is 0 Å². The second-order valence-electron chi connectivity index (χ2n) is 5.37. The van der Waals surface area contributed by atoms with E-state index in [9.17, 15) is 4.79 Å². The Morgan fingerprint density at radius 3 is 2.65 bits per heavy atom. The van der Waals surface area contributed by atoms with Gasteiger partial charge < -0.3 is 15.4 Å². The number of amides is 1. The number of carbonyl (C=O) groups is 1. The minimum atomic E-state index is 0.0680. The molecule has 1 amide bonds. The molecule has 0 heterocycles. The van der Waals surface area contributed by atoms with Crippen LogP contribution >= 0.6 is 0 Å². The van der Waals surface area contributed by atoms with Crippen LogP contribution in [0.1, 0.15) is 36.5 Å². The molecule has 2 atom stereocenters. The molecule has 1 aliphatic rings. The fraction of sp³-hybridized carbons (Fsp3) is 0.562. The molecule has 0 spiro atoms. The van der Waals surface area contributed by atoms with Crippen molar-refractivity contribution in [2.24, 2.45) is 11.7 Å². The highest BCUT2D eigenvalue weighted by Crippen LogP contribution is 2.29. The van der Waals surface area contributed by atoms with Crippen molar-refractivity contribution in [3.8, 4) is 5.75 Å². The summed E-state index contributed by atoms with van der Waals surface area (Å²) in [7, 11) is 1.89. The van der Waals surface area contributed by atoms with Crippen LogP contribution < -0.4 is 10.5 Å². The first-order chi connectivity index (χ1) is 9.67. The molecule has 1 aromatic rings. The molecule has 20 heavy (non-hydrogen) atoms. The maximum Gasteiger partial charge on any atom is 0.253 e. The second-order valence-corrected chi connectivity index (χ2v) is 5.37. The van der Waals surface area contributed by atoms with Gasteiger partial charge in [0, 0.05) is 18.7 Å². The molecule has 0 saturated heterocycles. The number of nitrogens with two attached hydrogens (primary N) is 1. The molecule has 0 aromatic heterocycles. The van der Waals surface area contributed by atoms with Crippen LogP contribution in [0.5, 0.6) is 5.75 Å². The summed E-state index contributed by atoms with van der Waals surface area (Å²) in [6, 6.07) is 7.63. The fourth-order valence-corrected chi connectivity index (χ4v) is 3.02. The lowest BCUT2D eigenvalue weighted by molar-refractivity contribution is 0.0700. The van der Waals surface area contributed by atoms with Crippen molar-refractivity contribution < 1.29 is 9.53 Å². The van der Waals surface area contributed by atoms with E-state index >= 15 is 0 Å². The molecule has 110 valence electrons. The Morgan fingerprint density at radius 2 is 2.05 bits per heavy atom. The first-order valence-corrected chi connectivity index (χ1v) is 7.37. The van der Waals surface area contributed by atoms with Crippen LogP contribution in [-0.4, -0.2) is 37.0 Å². The summed E-state index contributed by atoms with van der Waals surface area (Å²) in [6.07, 6.45) is 3.34. The van der Waals surface area contributed by atoms with Gasteiger partial charge in [-0.1, -0.05) is 6.42 Å². The Balaban J connectivity index is 2.06. The molecule has 2 unspecified atom stereocenters. The zero-order valence-corrected chi connectivity index (χ0v) is 12.3. The van der Waals surface area contributed by atoms with Crippen LogP contribution in [-0.2, 0) is 0 Å². The maximum atomic E-state index is 12.5. The Morgan fingerprint density at radius 1 is 1.35 bits per heavy atom. The number of hydrogen-bond acceptors (Lipinski definition) is 3. The number of hydrogen-bond donors (Lipinski definition) is 1. The van der Waals surface area contributed by atoms with Crippen molar-refractivity contribution in [1.29, 1.82) is 0 Å². The lowest BCUT2D eigenvalue weighted by Crippen LogP contribution is -2.41. The fourth-order valence-electron chi connectivity index (χ4n) is 3.02. The SMILES string of the molecule is CCOc1ccc(C(=O)N(C)C2CCCC2CN)cc1. The van der Waals surface area contributed by atoms with Crippen molar-refractivity contribution in [3.05, 3.63) is 29.8 Å². The first-order valence-electron chi connectivity index (χ1n) is 7.37. The highest BCUT2D eigenvalue weighted by molar-refractivity contribution is 5.94. The van der Waals surface area contributed by atoms with Crippen molar-refractivity contribution >= 4 is 5.91 Å². The molecule has 1 fully saturated rings. The Bertz CT molecular complexity index is 444. The third-order valence-corrected chi connectivity index (χ3v) is 4.15. The lowest BCUT2D eigenvalue weighted by atomic mass is 10.0. The van der Waals surface area contributed by atoms with Crippen LogP contribution in [0.3, 0.4) is 0 Å². The van der Waals surface area contributed by atoms with Gasteiger partial charge in [0.1, 0.15) is 5.75 Å². The van der Waals surface area contributed by atoms with E-state index < -0.39 is 0 Å². The van der Waals surface area contributed by atoms with Crippen molar-refractivity contribution in [1.82, 2.24) is 4.90 Å². The van der Waals surface area contributed by atoms with E-state index in [1.807, 2.05) is 43.1 Å². The third kappa shape index (κ3) is 3.12. The number of rotatable bonds is 5. The quantitative estimate of drug-likeness (QED) is 0.897. The van der Waals surface area contributed by atoms with Crippen molar-refractivity contribution in [3.63, 3.8) is 0 Å². The molecule has 1 saturated carbocycles. The van der Waals surface area contributed by atoms with Gasteiger partial charge in [-0.3, -0.25) is 4.79 Å². The number of ether oxygens (including phenoxy) is 1. The van der Waals surface area contributed by atoms with E-state index in [1.54, 1.807) is 0 Å². The number of nitrogens with zero attached hydrogens (tertiary/aromatic N) is 1. The average Bonchev–Trinajstić information content (AvgIpc) is 2.95. The zero-order valence-electron chi connectivity index (χ0n) is 12.3. The topological polar surface area (TPSA) is 55.6 Å². The Labute approximate surface area is 120 Å². The van der Waals surface area contributed by atoms with Gasteiger partial charge in [0.25, 0.3) is 5.91 Å². The van der Waals surface area contributed by atoms with Gasteiger partial charge in [0.05, 0.1) is 6.61 Å². The molecule has 4 nitrogen and oxygen atoms in total. The van der Waals surface area contributed by atoms with Crippen LogP contribution in [0, 0.1) is 5.92 Å². The number of benzene rings is 1. The van der Waals surface area contributed by atoms with Gasteiger partial charge in [-0.05, 0) is 56.5 Å². The normalized spacial score (nSPS) is 21.8. The minimum absolute atomic E-state index is 0.0680. The predicted molar refractivity (Wildman–Crippen MR) is 79.9 cm³/mol. The van der Waals surface area contributed by atoms with Gasteiger partial charge in [-0.25, -0.2) is 0 Å². The summed E-state index contributed by atoms with van der Waals surface area (Å²) in [5.74, 6) is 1.30. The van der Waals surface area contributed by atoms with Crippen LogP contribution in [0.2, 0.25) is 0 Å². The van der Waals surface area contributed by atoms with Crippen LogP contribution in [0.25, 0.3) is 0 Å². The highest BCUT2D eigenvalue weighted by atomic mass is 16.5.